The summed E-state index contributed by atoms with van der Waals surface area (Å²) in [6.07, 6.45) is 1.21. The fourth-order valence-corrected chi connectivity index (χ4v) is 0.817. The van der Waals surface area contributed by atoms with Crippen molar-refractivity contribution in [3.05, 3.63) is 0 Å². The molecule has 0 heterocycles. The number of nitrogens with two attached hydrogens (primary N) is 2. The van der Waals surface area contributed by atoms with E-state index in [2.05, 4.69) is 19.2 Å². The molecular formula is C8H22N4. The number of nitrogens with zero attached hydrogens (tertiary/aromatic N) is 1. The van der Waals surface area contributed by atoms with Crippen molar-refractivity contribution in [1.82, 2.24) is 10.2 Å². The van der Waals surface area contributed by atoms with Gasteiger partial charge in [-0.3, -0.25) is 4.90 Å². The van der Waals surface area contributed by atoms with Crippen molar-refractivity contribution in [2.75, 3.05) is 26.6 Å². The maximum atomic E-state index is 5.44. The molecule has 0 aliphatic heterocycles. The molecule has 4 nitrogen and oxygen atoms in total. The van der Waals surface area contributed by atoms with Gasteiger partial charge in [-0.1, -0.05) is 20.3 Å². The van der Waals surface area contributed by atoms with Gasteiger partial charge < -0.3 is 16.8 Å². The van der Waals surface area contributed by atoms with Gasteiger partial charge in [0.25, 0.3) is 0 Å². The van der Waals surface area contributed by atoms with E-state index in [1.54, 1.807) is 0 Å². The highest BCUT2D eigenvalue weighted by molar-refractivity contribution is 4.55. The Morgan fingerprint density at radius 3 is 2.33 bits per heavy atom. The van der Waals surface area contributed by atoms with Gasteiger partial charge in [0.2, 0.25) is 0 Å². The Bertz CT molecular complexity index is 93.1. The van der Waals surface area contributed by atoms with Crippen LogP contribution in [0.25, 0.3) is 0 Å². The normalized spacial score (nSPS) is 13.8. The van der Waals surface area contributed by atoms with Crippen molar-refractivity contribution in [3.8, 4) is 0 Å². The highest BCUT2D eigenvalue weighted by atomic mass is 15.3. The Morgan fingerprint density at radius 1 is 1.33 bits per heavy atom. The van der Waals surface area contributed by atoms with Gasteiger partial charge in [-0.2, -0.15) is 0 Å². The molecule has 0 aromatic carbocycles. The SMILES string of the molecule is CCC(C)CNCN(CN)CN. The number of rotatable bonds is 7. The van der Waals surface area contributed by atoms with E-state index >= 15 is 0 Å². The van der Waals surface area contributed by atoms with Crippen LogP contribution in [0.15, 0.2) is 0 Å². The van der Waals surface area contributed by atoms with Crippen molar-refractivity contribution < 1.29 is 0 Å². The van der Waals surface area contributed by atoms with E-state index in [0.717, 1.165) is 19.1 Å². The van der Waals surface area contributed by atoms with Crippen LogP contribution in [0.5, 0.6) is 0 Å². The van der Waals surface area contributed by atoms with Crippen molar-refractivity contribution in [2.45, 2.75) is 20.3 Å². The van der Waals surface area contributed by atoms with Crippen molar-refractivity contribution in [3.63, 3.8) is 0 Å². The molecule has 0 bridgehead atoms. The van der Waals surface area contributed by atoms with Crippen LogP contribution in [0, 0.1) is 5.92 Å². The van der Waals surface area contributed by atoms with Crippen molar-refractivity contribution in [2.24, 2.45) is 17.4 Å². The lowest BCUT2D eigenvalue weighted by Gasteiger charge is -2.19. The molecule has 0 spiro atoms. The van der Waals surface area contributed by atoms with Gasteiger partial charge in [-0.15, -0.1) is 0 Å². The highest BCUT2D eigenvalue weighted by Gasteiger charge is 2.00. The van der Waals surface area contributed by atoms with E-state index < -0.39 is 0 Å². The summed E-state index contributed by atoms with van der Waals surface area (Å²) in [5, 5.41) is 3.30. The Kier molecular flexibility index (Phi) is 7.39. The zero-order valence-electron chi connectivity index (χ0n) is 8.21. The van der Waals surface area contributed by atoms with Crippen LogP contribution in [0.4, 0.5) is 0 Å². The van der Waals surface area contributed by atoms with E-state index in [4.69, 9.17) is 11.5 Å². The predicted octanol–water partition coefficient (Wildman–Crippen LogP) is -0.286. The molecule has 0 saturated heterocycles. The standard InChI is InChI=1S/C8H22N4/c1-3-8(2)4-11-7-12(5-9)6-10/h8,11H,3-7,9-10H2,1-2H3. The number of hydrogen-bond acceptors (Lipinski definition) is 4. The van der Waals surface area contributed by atoms with Crippen LogP contribution < -0.4 is 16.8 Å². The van der Waals surface area contributed by atoms with E-state index in [1.807, 2.05) is 4.90 Å². The molecule has 74 valence electrons. The molecule has 4 heteroatoms. The summed E-state index contributed by atoms with van der Waals surface area (Å²) in [5.74, 6) is 0.724. The second kappa shape index (κ2) is 7.49. The van der Waals surface area contributed by atoms with Gasteiger partial charge in [0, 0.05) is 13.3 Å². The first-order chi connectivity index (χ1) is 5.74. The quantitative estimate of drug-likeness (QED) is 0.464. The van der Waals surface area contributed by atoms with Crippen LogP contribution in [0.3, 0.4) is 0 Å². The Balaban J connectivity index is 3.28. The summed E-state index contributed by atoms with van der Waals surface area (Å²) in [6.45, 7) is 7.27. The molecule has 0 aliphatic carbocycles. The van der Waals surface area contributed by atoms with Crippen LogP contribution in [-0.4, -0.2) is 31.5 Å². The smallest absolute Gasteiger partial charge is 0.0504 e. The summed E-state index contributed by atoms with van der Waals surface area (Å²) in [7, 11) is 0. The largest absolute Gasteiger partial charge is 0.318 e. The molecule has 0 saturated carbocycles. The van der Waals surface area contributed by atoms with E-state index in [9.17, 15) is 0 Å². The molecule has 0 aromatic heterocycles. The molecule has 1 unspecified atom stereocenters. The average molecular weight is 174 g/mol. The molecule has 0 aliphatic rings. The monoisotopic (exact) mass is 174 g/mol. The third kappa shape index (κ3) is 5.49. The first-order valence-corrected chi connectivity index (χ1v) is 4.57. The Labute approximate surface area is 75.3 Å². The summed E-state index contributed by atoms with van der Waals surface area (Å²) in [4.78, 5) is 1.95. The molecule has 0 amide bonds. The Hall–Kier alpha value is -0.160. The topological polar surface area (TPSA) is 67.3 Å². The van der Waals surface area contributed by atoms with Gasteiger partial charge >= 0.3 is 0 Å². The number of hydrogen-bond donors (Lipinski definition) is 3. The fourth-order valence-electron chi connectivity index (χ4n) is 0.817. The lowest BCUT2D eigenvalue weighted by Crippen LogP contribution is -2.42. The number of nitrogens with one attached hydrogen (secondary N) is 1. The van der Waals surface area contributed by atoms with E-state index in [1.165, 1.54) is 6.42 Å². The van der Waals surface area contributed by atoms with Crippen molar-refractivity contribution >= 4 is 0 Å². The van der Waals surface area contributed by atoms with Gasteiger partial charge in [-0.25, -0.2) is 0 Å². The molecule has 0 rings (SSSR count). The molecule has 12 heavy (non-hydrogen) atoms. The summed E-state index contributed by atoms with van der Waals surface area (Å²) >= 11 is 0. The molecule has 0 radical (unpaired) electrons. The molecule has 0 aromatic rings. The second-order valence-corrected chi connectivity index (χ2v) is 3.16. The first-order valence-electron chi connectivity index (χ1n) is 4.57. The molecule has 0 fully saturated rings. The van der Waals surface area contributed by atoms with Gasteiger partial charge in [0.1, 0.15) is 0 Å². The maximum absolute atomic E-state index is 5.44. The first kappa shape index (κ1) is 11.8. The molecule has 1 atom stereocenters. The molecular weight excluding hydrogens is 152 g/mol. The van der Waals surface area contributed by atoms with Gasteiger partial charge in [0.05, 0.1) is 6.67 Å². The maximum Gasteiger partial charge on any atom is 0.0504 e. The lowest BCUT2D eigenvalue weighted by molar-refractivity contribution is 0.259. The second-order valence-electron chi connectivity index (χ2n) is 3.16. The van der Waals surface area contributed by atoms with Crippen molar-refractivity contribution in [1.29, 1.82) is 0 Å². The van der Waals surface area contributed by atoms with E-state index in [-0.39, 0.29) is 0 Å². The van der Waals surface area contributed by atoms with Crippen LogP contribution >= 0.6 is 0 Å². The van der Waals surface area contributed by atoms with E-state index in [0.29, 0.717) is 13.3 Å². The minimum atomic E-state index is 0.518. The van der Waals surface area contributed by atoms with Crippen LogP contribution in [-0.2, 0) is 0 Å². The summed E-state index contributed by atoms with van der Waals surface area (Å²) < 4.78 is 0. The van der Waals surface area contributed by atoms with Gasteiger partial charge in [-0.05, 0) is 12.5 Å². The summed E-state index contributed by atoms with van der Waals surface area (Å²) in [6, 6.07) is 0. The lowest BCUT2D eigenvalue weighted by atomic mass is 10.1. The zero-order valence-corrected chi connectivity index (χ0v) is 8.21. The minimum Gasteiger partial charge on any atom is -0.318 e. The fraction of sp³-hybridized carbons (Fsp3) is 1.00. The third-order valence-corrected chi connectivity index (χ3v) is 2.04. The Morgan fingerprint density at radius 2 is 1.92 bits per heavy atom. The predicted molar refractivity (Wildman–Crippen MR) is 52.3 cm³/mol. The average Bonchev–Trinajstić information content (AvgIpc) is 2.12. The van der Waals surface area contributed by atoms with Crippen LogP contribution in [0.2, 0.25) is 0 Å². The minimum absolute atomic E-state index is 0.518. The zero-order chi connectivity index (χ0) is 9.40. The highest BCUT2D eigenvalue weighted by Crippen LogP contribution is 1.96. The third-order valence-electron chi connectivity index (χ3n) is 2.04. The van der Waals surface area contributed by atoms with Crippen LogP contribution in [0.1, 0.15) is 20.3 Å². The summed E-state index contributed by atoms with van der Waals surface area (Å²) in [5.41, 5.74) is 10.9. The van der Waals surface area contributed by atoms with Gasteiger partial charge in [0.15, 0.2) is 0 Å². The molecule has 5 N–H and O–H groups in total.